The van der Waals surface area contributed by atoms with E-state index in [-0.39, 0.29) is 11.7 Å². The summed E-state index contributed by atoms with van der Waals surface area (Å²) in [6, 6.07) is 7.20. The second-order valence-electron chi connectivity index (χ2n) is 5.37. The molecule has 1 aliphatic carbocycles. The summed E-state index contributed by atoms with van der Waals surface area (Å²) in [5.74, 6) is 0.409. The molecule has 1 aliphatic rings. The Morgan fingerprint density at radius 3 is 2.65 bits per heavy atom. The molecule has 0 saturated heterocycles. The quantitative estimate of drug-likeness (QED) is 0.867. The van der Waals surface area contributed by atoms with Crippen LogP contribution < -0.4 is 5.32 Å². The maximum absolute atomic E-state index is 13.1. The number of hydrogen-bond acceptors (Lipinski definition) is 2. The molecule has 0 unspecified atom stereocenters. The number of benzene rings is 1. The molecule has 110 valence electrons. The molecule has 4 heteroatoms. The molecule has 1 saturated carbocycles. The molecule has 0 atom stereocenters. The van der Waals surface area contributed by atoms with Crippen LogP contribution in [0.4, 0.5) is 4.39 Å². The molecule has 20 heavy (non-hydrogen) atoms. The number of hydrogen-bond donors (Lipinski definition) is 1. The number of carbonyl (C=O) groups excluding carboxylic acids is 1. The van der Waals surface area contributed by atoms with Crippen molar-refractivity contribution in [3.8, 4) is 0 Å². The van der Waals surface area contributed by atoms with Crippen LogP contribution in [0.25, 0.3) is 0 Å². The second kappa shape index (κ2) is 6.84. The zero-order valence-corrected chi connectivity index (χ0v) is 12.2. The highest BCUT2D eigenvalue weighted by Crippen LogP contribution is 2.36. The van der Waals surface area contributed by atoms with Gasteiger partial charge >= 0.3 is 0 Å². The first kappa shape index (κ1) is 15.0. The molecule has 1 aromatic carbocycles. The Morgan fingerprint density at radius 2 is 2.05 bits per heavy atom. The second-order valence-corrected chi connectivity index (χ2v) is 5.37. The molecule has 0 heterocycles. The van der Waals surface area contributed by atoms with Gasteiger partial charge < -0.3 is 10.2 Å². The van der Waals surface area contributed by atoms with E-state index >= 15 is 0 Å². The Balaban J connectivity index is 1.73. The smallest absolute Gasteiger partial charge is 0.236 e. The Kier molecular flexibility index (Phi) is 5.12. The number of amides is 1. The lowest BCUT2D eigenvalue weighted by atomic mass is 9.76. The van der Waals surface area contributed by atoms with Crippen molar-refractivity contribution in [2.24, 2.45) is 0 Å². The predicted molar refractivity (Wildman–Crippen MR) is 78.1 cm³/mol. The number of carbonyl (C=O) groups is 1. The van der Waals surface area contributed by atoms with Crippen molar-refractivity contribution in [2.45, 2.75) is 38.6 Å². The van der Waals surface area contributed by atoms with Crippen molar-refractivity contribution in [3.63, 3.8) is 0 Å². The van der Waals surface area contributed by atoms with Crippen molar-refractivity contribution < 1.29 is 9.18 Å². The van der Waals surface area contributed by atoms with Gasteiger partial charge in [0.05, 0.1) is 6.54 Å². The van der Waals surface area contributed by atoms with Gasteiger partial charge in [0.1, 0.15) is 5.82 Å². The van der Waals surface area contributed by atoms with Crippen LogP contribution in [0.5, 0.6) is 0 Å². The summed E-state index contributed by atoms with van der Waals surface area (Å²) in [6.07, 6.45) is 1.96. The maximum atomic E-state index is 13.1. The fraction of sp³-hybridized carbons (Fsp3) is 0.562. The van der Waals surface area contributed by atoms with E-state index in [1.165, 1.54) is 6.07 Å². The fourth-order valence-corrected chi connectivity index (χ4v) is 2.74. The molecule has 0 aromatic heterocycles. The van der Waals surface area contributed by atoms with Gasteiger partial charge in [0.25, 0.3) is 0 Å². The van der Waals surface area contributed by atoms with E-state index < -0.39 is 0 Å². The molecule has 3 nitrogen and oxygen atoms in total. The number of rotatable bonds is 6. The van der Waals surface area contributed by atoms with Gasteiger partial charge in [0.2, 0.25) is 5.91 Å². The lowest BCUT2D eigenvalue weighted by Gasteiger charge is -2.36. The highest BCUT2D eigenvalue weighted by atomic mass is 19.1. The Bertz CT molecular complexity index is 454. The van der Waals surface area contributed by atoms with Crippen molar-refractivity contribution in [3.05, 3.63) is 35.6 Å². The summed E-state index contributed by atoms with van der Waals surface area (Å²) in [4.78, 5) is 13.7. The predicted octanol–water partition coefficient (Wildman–Crippen LogP) is 2.53. The summed E-state index contributed by atoms with van der Waals surface area (Å²) in [5.41, 5.74) is 1.07. The van der Waals surface area contributed by atoms with Crippen molar-refractivity contribution >= 4 is 5.91 Å². The van der Waals surface area contributed by atoms with Gasteiger partial charge in [-0.05, 0) is 50.3 Å². The van der Waals surface area contributed by atoms with Crippen LogP contribution in [0.1, 0.15) is 38.2 Å². The standard InChI is InChI=1S/C16H23FN2O/c1-3-19(4-2)16(20)11-18-15-9-13(10-15)12-6-5-7-14(17)8-12/h5-8,13,15,18H,3-4,9-11H2,1-2H3. The first-order chi connectivity index (χ1) is 9.63. The highest BCUT2D eigenvalue weighted by Gasteiger charge is 2.30. The molecule has 0 bridgehead atoms. The van der Waals surface area contributed by atoms with Crippen molar-refractivity contribution in [2.75, 3.05) is 19.6 Å². The summed E-state index contributed by atoms with van der Waals surface area (Å²) < 4.78 is 13.1. The summed E-state index contributed by atoms with van der Waals surface area (Å²) >= 11 is 0. The van der Waals surface area contributed by atoms with Crippen LogP contribution in [-0.4, -0.2) is 36.5 Å². The van der Waals surface area contributed by atoms with Gasteiger partial charge in [-0.15, -0.1) is 0 Å². The monoisotopic (exact) mass is 278 g/mol. The van der Waals surface area contributed by atoms with Crippen LogP contribution in [0.2, 0.25) is 0 Å². The van der Waals surface area contributed by atoms with Crippen molar-refractivity contribution in [1.82, 2.24) is 10.2 Å². The molecule has 0 radical (unpaired) electrons. The van der Waals surface area contributed by atoms with Crippen LogP contribution in [-0.2, 0) is 4.79 Å². The zero-order chi connectivity index (χ0) is 14.5. The minimum absolute atomic E-state index is 0.157. The van der Waals surface area contributed by atoms with Crippen LogP contribution in [0.15, 0.2) is 24.3 Å². The van der Waals surface area contributed by atoms with Crippen LogP contribution in [0.3, 0.4) is 0 Å². The first-order valence-electron chi connectivity index (χ1n) is 7.40. The number of nitrogens with zero attached hydrogens (tertiary/aromatic N) is 1. The molecular weight excluding hydrogens is 255 g/mol. The molecule has 0 spiro atoms. The molecule has 1 amide bonds. The van der Waals surface area contributed by atoms with Gasteiger partial charge in [-0.3, -0.25) is 4.79 Å². The largest absolute Gasteiger partial charge is 0.342 e. The van der Waals surface area contributed by atoms with E-state index in [4.69, 9.17) is 0 Å². The van der Waals surface area contributed by atoms with E-state index in [1.807, 2.05) is 24.8 Å². The summed E-state index contributed by atoms with van der Waals surface area (Å²) in [5, 5.41) is 3.30. The SMILES string of the molecule is CCN(CC)C(=O)CNC1CC(c2cccc(F)c2)C1. The van der Waals surface area contributed by atoms with E-state index in [0.717, 1.165) is 31.5 Å². The Labute approximate surface area is 120 Å². The molecule has 1 N–H and O–H groups in total. The third kappa shape index (κ3) is 3.57. The lowest BCUT2D eigenvalue weighted by Crippen LogP contribution is -2.46. The molecule has 2 rings (SSSR count). The minimum atomic E-state index is -0.171. The molecule has 0 aliphatic heterocycles. The van der Waals surface area contributed by atoms with Gasteiger partial charge in [-0.1, -0.05) is 12.1 Å². The third-order valence-corrected chi connectivity index (χ3v) is 4.12. The van der Waals surface area contributed by atoms with E-state index in [1.54, 1.807) is 12.1 Å². The Hall–Kier alpha value is -1.42. The van der Waals surface area contributed by atoms with E-state index in [2.05, 4.69) is 5.32 Å². The minimum Gasteiger partial charge on any atom is -0.342 e. The number of nitrogens with one attached hydrogen (secondary N) is 1. The van der Waals surface area contributed by atoms with Gasteiger partial charge in [-0.2, -0.15) is 0 Å². The molecule has 1 fully saturated rings. The van der Waals surface area contributed by atoms with Crippen LogP contribution >= 0.6 is 0 Å². The van der Waals surface area contributed by atoms with Gasteiger partial charge in [0, 0.05) is 19.1 Å². The first-order valence-corrected chi connectivity index (χ1v) is 7.40. The number of likely N-dealkylation sites (N-methyl/N-ethyl adjacent to an activating group) is 1. The normalized spacial score (nSPS) is 21.4. The topological polar surface area (TPSA) is 32.3 Å². The average molecular weight is 278 g/mol. The average Bonchev–Trinajstić information content (AvgIpc) is 2.38. The molecular formula is C16H23FN2O. The summed E-state index contributed by atoms with van der Waals surface area (Å²) in [6.45, 7) is 5.90. The van der Waals surface area contributed by atoms with Crippen molar-refractivity contribution in [1.29, 1.82) is 0 Å². The lowest BCUT2D eigenvalue weighted by molar-refractivity contribution is -0.130. The third-order valence-electron chi connectivity index (χ3n) is 4.12. The molecule has 1 aromatic rings. The summed E-state index contributed by atoms with van der Waals surface area (Å²) in [7, 11) is 0. The van der Waals surface area contributed by atoms with Crippen LogP contribution in [0, 0.1) is 5.82 Å². The Morgan fingerprint density at radius 1 is 1.35 bits per heavy atom. The fourth-order valence-electron chi connectivity index (χ4n) is 2.74. The van der Waals surface area contributed by atoms with E-state index in [9.17, 15) is 9.18 Å². The number of halogens is 1. The van der Waals surface area contributed by atoms with Gasteiger partial charge in [-0.25, -0.2) is 4.39 Å². The maximum Gasteiger partial charge on any atom is 0.236 e. The zero-order valence-electron chi connectivity index (χ0n) is 12.2. The highest BCUT2D eigenvalue weighted by molar-refractivity contribution is 5.78. The van der Waals surface area contributed by atoms with Gasteiger partial charge in [0.15, 0.2) is 0 Å². The van der Waals surface area contributed by atoms with E-state index in [0.29, 0.717) is 18.5 Å².